The Balaban J connectivity index is 2.59. The van der Waals surface area contributed by atoms with Crippen molar-refractivity contribution in [2.24, 2.45) is 0 Å². The van der Waals surface area contributed by atoms with Crippen molar-refractivity contribution in [2.75, 3.05) is 0 Å². The Kier molecular flexibility index (Phi) is 3.57. The molecule has 2 heteroatoms. The fourth-order valence-corrected chi connectivity index (χ4v) is 1.23. The van der Waals surface area contributed by atoms with E-state index in [1.54, 1.807) is 0 Å². The second kappa shape index (κ2) is 4.50. The smallest absolute Gasteiger partial charge is 0.0743 e. The summed E-state index contributed by atoms with van der Waals surface area (Å²) in [6.07, 6.45) is 5.36. The van der Waals surface area contributed by atoms with Crippen molar-refractivity contribution in [2.45, 2.75) is 25.9 Å². The van der Waals surface area contributed by atoms with Crippen molar-refractivity contribution in [3.05, 3.63) is 34.9 Å². The van der Waals surface area contributed by atoms with E-state index < -0.39 is 0 Å². The maximum absolute atomic E-state index is 5.86. The zero-order valence-electron chi connectivity index (χ0n) is 8.47. The molecule has 0 radical (unpaired) electrons. The number of hydrogen-bond acceptors (Lipinski definition) is 1. The Bertz CT molecular complexity index is 350. The van der Waals surface area contributed by atoms with E-state index in [1.165, 1.54) is 0 Å². The van der Waals surface area contributed by atoms with Gasteiger partial charge in [-0.25, -0.2) is 0 Å². The molecule has 14 heavy (non-hydrogen) atoms. The summed E-state index contributed by atoms with van der Waals surface area (Å²) in [5.41, 5.74) is 0.864. The molecule has 0 bridgehead atoms. The lowest BCUT2D eigenvalue weighted by atomic mass is 10.1. The molecule has 0 heterocycles. The highest BCUT2D eigenvalue weighted by atomic mass is 35.5. The minimum Gasteiger partial charge on any atom is -0.298 e. The Morgan fingerprint density at radius 1 is 1.50 bits per heavy atom. The van der Waals surface area contributed by atoms with E-state index in [4.69, 9.17) is 18.0 Å². The van der Waals surface area contributed by atoms with E-state index in [2.05, 4.69) is 11.2 Å². The predicted octanol–water partition coefficient (Wildman–Crippen LogP) is 2.84. The van der Waals surface area contributed by atoms with Crippen LogP contribution in [0.2, 0.25) is 5.02 Å². The van der Waals surface area contributed by atoms with E-state index in [0.717, 1.165) is 17.1 Å². The topological polar surface area (TPSA) is 12.0 Å². The van der Waals surface area contributed by atoms with Crippen LogP contribution in [-0.2, 0) is 6.54 Å². The summed E-state index contributed by atoms with van der Waals surface area (Å²) in [6, 6.07) is 7.74. The predicted molar refractivity (Wildman–Crippen MR) is 61.2 cm³/mol. The minimum absolute atomic E-state index is 0.275. The van der Waals surface area contributed by atoms with Gasteiger partial charge in [0.2, 0.25) is 0 Å². The molecule has 0 aliphatic carbocycles. The molecule has 0 aromatic heterocycles. The molecule has 1 nitrogen and oxygen atoms in total. The van der Waals surface area contributed by atoms with Crippen molar-refractivity contribution in [3.8, 4) is 12.3 Å². The normalized spacial score (nSPS) is 11.0. The van der Waals surface area contributed by atoms with Crippen LogP contribution in [0.1, 0.15) is 19.4 Å². The first-order chi connectivity index (χ1) is 6.53. The average Bonchev–Trinajstić information content (AvgIpc) is 2.15. The third-order valence-electron chi connectivity index (χ3n) is 1.98. The quantitative estimate of drug-likeness (QED) is 0.752. The molecule has 0 aliphatic rings. The molecular weight excluding hydrogens is 194 g/mol. The van der Waals surface area contributed by atoms with E-state index >= 15 is 0 Å². The fourth-order valence-electron chi connectivity index (χ4n) is 1.02. The summed E-state index contributed by atoms with van der Waals surface area (Å²) >= 11 is 5.86. The third-order valence-corrected chi connectivity index (χ3v) is 2.22. The highest BCUT2D eigenvalue weighted by Gasteiger charge is 2.11. The SMILES string of the molecule is C#CC(C)(C)NCc1cccc(Cl)c1. The Morgan fingerprint density at radius 3 is 2.79 bits per heavy atom. The van der Waals surface area contributed by atoms with Gasteiger partial charge in [0, 0.05) is 11.6 Å². The van der Waals surface area contributed by atoms with Crippen LogP contribution in [0.15, 0.2) is 24.3 Å². The van der Waals surface area contributed by atoms with Crippen molar-refractivity contribution >= 4 is 11.6 Å². The van der Waals surface area contributed by atoms with Gasteiger partial charge in [0.15, 0.2) is 0 Å². The molecule has 0 aliphatic heterocycles. The zero-order chi connectivity index (χ0) is 10.6. The number of terminal acetylenes is 1. The van der Waals surface area contributed by atoms with Gasteiger partial charge in [-0.1, -0.05) is 29.7 Å². The Morgan fingerprint density at radius 2 is 2.21 bits per heavy atom. The summed E-state index contributed by atoms with van der Waals surface area (Å²) < 4.78 is 0. The first-order valence-electron chi connectivity index (χ1n) is 4.51. The molecular formula is C12H14ClN. The molecule has 0 amide bonds. The first kappa shape index (κ1) is 11.1. The molecule has 1 rings (SSSR count). The van der Waals surface area contributed by atoms with Gasteiger partial charge in [-0.15, -0.1) is 6.42 Å². The Hall–Kier alpha value is -0.970. The van der Waals surface area contributed by atoms with Gasteiger partial charge in [-0.2, -0.15) is 0 Å². The van der Waals surface area contributed by atoms with E-state index in [0.29, 0.717) is 0 Å². The lowest BCUT2D eigenvalue weighted by molar-refractivity contribution is 0.491. The highest BCUT2D eigenvalue weighted by Crippen LogP contribution is 2.11. The van der Waals surface area contributed by atoms with Gasteiger partial charge in [0.25, 0.3) is 0 Å². The van der Waals surface area contributed by atoms with Crippen molar-refractivity contribution < 1.29 is 0 Å². The van der Waals surface area contributed by atoms with Gasteiger partial charge >= 0.3 is 0 Å². The molecule has 0 saturated carbocycles. The number of nitrogens with one attached hydrogen (secondary N) is 1. The van der Waals surface area contributed by atoms with Gasteiger partial charge in [-0.3, -0.25) is 5.32 Å². The maximum atomic E-state index is 5.86. The van der Waals surface area contributed by atoms with Crippen LogP contribution in [-0.4, -0.2) is 5.54 Å². The van der Waals surface area contributed by atoms with Crippen LogP contribution in [0.4, 0.5) is 0 Å². The summed E-state index contributed by atoms with van der Waals surface area (Å²) in [7, 11) is 0. The molecule has 74 valence electrons. The summed E-state index contributed by atoms with van der Waals surface area (Å²) in [4.78, 5) is 0. The lowest BCUT2D eigenvalue weighted by Gasteiger charge is -2.19. The van der Waals surface area contributed by atoms with Crippen molar-refractivity contribution in [3.63, 3.8) is 0 Å². The van der Waals surface area contributed by atoms with Crippen molar-refractivity contribution in [1.29, 1.82) is 0 Å². The molecule has 0 unspecified atom stereocenters. The van der Waals surface area contributed by atoms with Crippen LogP contribution in [0.3, 0.4) is 0 Å². The van der Waals surface area contributed by atoms with Gasteiger partial charge < -0.3 is 0 Å². The summed E-state index contributed by atoms with van der Waals surface area (Å²) in [5.74, 6) is 2.68. The van der Waals surface area contributed by atoms with Crippen LogP contribution in [0.25, 0.3) is 0 Å². The molecule has 0 spiro atoms. The molecule has 0 fully saturated rings. The van der Waals surface area contributed by atoms with E-state index in [9.17, 15) is 0 Å². The largest absolute Gasteiger partial charge is 0.298 e. The van der Waals surface area contributed by atoms with Crippen LogP contribution in [0, 0.1) is 12.3 Å². The average molecular weight is 208 g/mol. The highest BCUT2D eigenvalue weighted by molar-refractivity contribution is 6.30. The summed E-state index contributed by atoms with van der Waals surface area (Å²) in [6.45, 7) is 4.67. The fraction of sp³-hybridized carbons (Fsp3) is 0.333. The number of halogens is 1. The van der Waals surface area contributed by atoms with Gasteiger partial charge in [0.1, 0.15) is 0 Å². The van der Waals surface area contributed by atoms with Crippen LogP contribution in [0.5, 0.6) is 0 Å². The minimum atomic E-state index is -0.275. The Labute approximate surface area is 90.5 Å². The summed E-state index contributed by atoms with van der Waals surface area (Å²) in [5, 5.41) is 4.01. The molecule has 0 saturated heterocycles. The van der Waals surface area contributed by atoms with E-state index in [1.807, 2.05) is 38.1 Å². The number of benzene rings is 1. The number of hydrogen-bond donors (Lipinski definition) is 1. The lowest BCUT2D eigenvalue weighted by Crippen LogP contribution is -2.36. The van der Waals surface area contributed by atoms with Crippen molar-refractivity contribution in [1.82, 2.24) is 5.32 Å². The van der Waals surface area contributed by atoms with E-state index in [-0.39, 0.29) is 5.54 Å². The third kappa shape index (κ3) is 3.41. The number of rotatable bonds is 3. The monoisotopic (exact) mass is 207 g/mol. The molecule has 1 N–H and O–H groups in total. The standard InChI is InChI=1S/C12H14ClN/c1-4-12(2,3)14-9-10-6-5-7-11(13)8-10/h1,5-8,14H,9H2,2-3H3. The molecule has 1 aromatic rings. The maximum Gasteiger partial charge on any atom is 0.0743 e. The first-order valence-corrected chi connectivity index (χ1v) is 4.88. The van der Waals surface area contributed by atoms with Gasteiger partial charge in [0.05, 0.1) is 5.54 Å². The zero-order valence-corrected chi connectivity index (χ0v) is 9.23. The molecule has 0 atom stereocenters. The van der Waals surface area contributed by atoms with Gasteiger partial charge in [-0.05, 0) is 31.5 Å². The second-order valence-electron chi connectivity index (χ2n) is 3.75. The van der Waals surface area contributed by atoms with Crippen LogP contribution >= 0.6 is 11.6 Å². The molecule has 1 aromatic carbocycles. The van der Waals surface area contributed by atoms with Crippen LogP contribution < -0.4 is 5.32 Å². The second-order valence-corrected chi connectivity index (χ2v) is 4.19.